The van der Waals surface area contributed by atoms with E-state index in [1.165, 1.54) is 0 Å². The Morgan fingerprint density at radius 2 is 1.97 bits per heavy atom. The fourth-order valence-corrected chi connectivity index (χ4v) is 3.00. The van der Waals surface area contributed by atoms with Crippen molar-refractivity contribution in [2.45, 2.75) is 18.6 Å². The average Bonchev–Trinajstić information content (AvgIpc) is 3.15. The number of likely N-dealkylation sites (tertiary alicyclic amines) is 1. The van der Waals surface area contributed by atoms with Crippen molar-refractivity contribution < 1.29 is 22.8 Å². The van der Waals surface area contributed by atoms with Gasteiger partial charge in [0.2, 0.25) is 11.9 Å². The number of hydrogen-bond acceptors (Lipinski definition) is 6. The van der Waals surface area contributed by atoms with Crippen LogP contribution in [0.1, 0.15) is 22.3 Å². The molecule has 0 spiro atoms. The van der Waals surface area contributed by atoms with Gasteiger partial charge in [-0.15, -0.1) is 0 Å². The molecule has 0 saturated carbocycles. The Morgan fingerprint density at radius 1 is 1.27 bits per heavy atom. The predicted molar refractivity (Wildman–Crippen MR) is 105 cm³/mol. The van der Waals surface area contributed by atoms with E-state index in [0.29, 0.717) is 37.0 Å². The second-order valence-corrected chi connectivity index (χ2v) is 6.64. The lowest BCUT2D eigenvalue weighted by Gasteiger charge is -2.18. The Bertz CT molecular complexity index is 962. The summed E-state index contributed by atoms with van der Waals surface area (Å²) >= 11 is 0. The summed E-state index contributed by atoms with van der Waals surface area (Å²) in [5.41, 5.74) is 5.27. The minimum absolute atomic E-state index is 0.0258. The number of nitrogens with two attached hydrogens (primary N) is 1. The van der Waals surface area contributed by atoms with Crippen molar-refractivity contribution >= 4 is 29.3 Å². The van der Waals surface area contributed by atoms with E-state index in [-0.39, 0.29) is 23.8 Å². The molecule has 11 heteroatoms. The average molecular weight is 420 g/mol. The SMILES string of the molecule is C=CC(=O)Nc1ccc(C(=O)N2CC[C@@H](Nc3ncc(C(F)(F)F)c(N)n3)C2)cc1. The molecular formula is C19H19F3N6O2. The first kappa shape index (κ1) is 21.1. The zero-order valence-electron chi connectivity index (χ0n) is 15.7. The highest BCUT2D eigenvalue weighted by Gasteiger charge is 2.35. The molecule has 3 rings (SSSR count). The predicted octanol–water partition coefficient (Wildman–Crippen LogP) is 2.53. The first-order valence-corrected chi connectivity index (χ1v) is 8.96. The zero-order chi connectivity index (χ0) is 21.9. The lowest BCUT2D eigenvalue weighted by Crippen LogP contribution is -2.32. The van der Waals surface area contributed by atoms with Crippen molar-refractivity contribution in [3.8, 4) is 0 Å². The molecule has 2 heterocycles. The van der Waals surface area contributed by atoms with Crippen LogP contribution in [0.2, 0.25) is 0 Å². The number of nitrogens with one attached hydrogen (secondary N) is 2. The summed E-state index contributed by atoms with van der Waals surface area (Å²) in [6.45, 7) is 4.16. The van der Waals surface area contributed by atoms with E-state index < -0.39 is 17.6 Å². The van der Waals surface area contributed by atoms with Crippen molar-refractivity contribution in [3.63, 3.8) is 0 Å². The van der Waals surface area contributed by atoms with Crippen molar-refractivity contribution in [2.75, 3.05) is 29.5 Å². The van der Waals surface area contributed by atoms with Crippen LogP contribution in [0.25, 0.3) is 0 Å². The molecule has 2 aromatic rings. The number of alkyl halides is 3. The minimum Gasteiger partial charge on any atom is -0.383 e. The van der Waals surface area contributed by atoms with Gasteiger partial charge in [-0.05, 0) is 36.8 Å². The van der Waals surface area contributed by atoms with E-state index in [1.54, 1.807) is 29.2 Å². The third kappa shape index (κ3) is 4.85. The highest BCUT2D eigenvalue weighted by atomic mass is 19.4. The fraction of sp³-hybridized carbons (Fsp3) is 0.263. The molecule has 0 aliphatic carbocycles. The van der Waals surface area contributed by atoms with E-state index in [0.717, 1.165) is 6.08 Å². The summed E-state index contributed by atoms with van der Waals surface area (Å²) in [4.78, 5) is 32.9. The molecule has 158 valence electrons. The minimum atomic E-state index is -4.62. The summed E-state index contributed by atoms with van der Waals surface area (Å²) in [5.74, 6) is -1.24. The molecule has 0 radical (unpaired) electrons. The fourth-order valence-electron chi connectivity index (χ4n) is 3.00. The summed E-state index contributed by atoms with van der Waals surface area (Å²) in [6, 6.07) is 6.19. The van der Waals surface area contributed by atoms with Crippen molar-refractivity contribution in [1.82, 2.24) is 14.9 Å². The van der Waals surface area contributed by atoms with Crippen LogP contribution in [0.15, 0.2) is 43.1 Å². The second-order valence-electron chi connectivity index (χ2n) is 6.64. The molecule has 0 unspecified atom stereocenters. The van der Waals surface area contributed by atoms with Crippen LogP contribution in [0.5, 0.6) is 0 Å². The molecule has 1 aromatic carbocycles. The van der Waals surface area contributed by atoms with Gasteiger partial charge in [0, 0.05) is 36.6 Å². The van der Waals surface area contributed by atoms with Crippen LogP contribution >= 0.6 is 0 Å². The van der Waals surface area contributed by atoms with Crippen molar-refractivity contribution in [3.05, 3.63) is 54.2 Å². The van der Waals surface area contributed by atoms with Crippen molar-refractivity contribution in [2.24, 2.45) is 0 Å². The maximum atomic E-state index is 12.7. The molecule has 1 atom stereocenters. The van der Waals surface area contributed by atoms with Gasteiger partial charge in [0.15, 0.2) is 0 Å². The quantitative estimate of drug-likeness (QED) is 0.641. The first-order chi connectivity index (χ1) is 14.2. The number of carbonyl (C=O) groups is 2. The summed E-state index contributed by atoms with van der Waals surface area (Å²) < 4.78 is 38.2. The van der Waals surface area contributed by atoms with E-state index in [1.807, 2.05) is 0 Å². The van der Waals surface area contributed by atoms with Gasteiger partial charge in [0.05, 0.1) is 0 Å². The van der Waals surface area contributed by atoms with Gasteiger partial charge in [-0.25, -0.2) is 4.98 Å². The Hall–Kier alpha value is -3.63. The highest BCUT2D eigenvalue weighted by molar-refractivity contribution is 5.99. The molecule has 4 N–H and O–H groups in total. The van der Waals surface area contributed by atoms with E-state index in [9.17, 15) is 22.8 Å². The van der Waals surface area contributed by atoms with Crippen LogP contribution in [-0.4, -0.2) is 45.8 Å². The molecule has 0 bridgehead atoms. The van der Waals surface area contributed by atoms with Gasteiger partial charge in [0.25, 0.3) is 5.91 Å². The van der Waals surface area contributed by atoms with Crippen LogP contribution < -0.4 is 16.4 Å². The maximum Gasteiger partial charge on any atom is 0.421 e. The van der Waals surface area contributed by atoms with Crippen LogP contribution in [0.4, 0.5) is 30.6 Å². The molecule has 8 nitrogen and oxygen atoms in total. The third-order valence-corrected chi connectivity index (χ3v) is 4.52. The molecule has 2 amide bonds. The van der Waals surface area contributed by atoms with Crippen LogP contribution in [-0.2, 0) is 11.0 Å². The second kappa shape index (κ2) is 8.39. The largest absolute Gasteiger partial charge is 0.421 e. The molecule has 1 saturated heterocycles. The number of rotatable bonds is 5. The maximum absolute atomic E-state index is 12.7. The number of aromatic nitrogens is 2. The van der Waals surface area contributed by atoms with Crippen LogP contribution in [0.3, 0.4) is 0 Å². The molecule has 1 aromatic heterocycles. The summed E-state index contributed by atoms with van der Waals surface area (Å²) in [6.07, 6.45) is -2.27. The molecule has 1 aliphatic heterocycles. The third-order valence-electron chi connectivity index (χ3n) is 4.52. The van der Waals surface area contributed by atoms with E-state index in [2.05, 4.69) is 27.2 Å². The number of carbonyl (C=O) groups excluding carboxylic acids is 2. The first-order valence-electron chi connectivity index (χ1n) is 8.96. The lowest BCUT2D eigenvalue weighted by atomic mass is 10.2. The van der Waals surface area contributed by atoms with Gasteiger partial charge in [-0.3, -0.25) is 9.59 Å². The standard InChI is InChI=1S/C19H19F3N6O2/c1-2-15(29)25-12-5-3-11(4-6-12)17(30)28-8-7-13(10-28)26-18-24-9-14(16(23)27-18)19(20,21)22/h2-6,9,13H,1,7-8,10H2,(H,25,29)(H3,23,24,26,27)/t13-/m1/s1. The zero-order valence-corrected chi connectivity index (χ0v) is 15.7. The monoisotopic (exact) mass is 420 g/mol. The normalized spacial score (nSPS) is 16.2. The summed E-state index contributed by atoms with van der Waals surface area (Å²) in [7, 11) is 0. The topological polar surface area (TPSA) is 113 Å². The van der Waals surface area contributed by atoms with Gasteiger partial charge in [-0.1, -0.05) is 6.58 Å². The van der Waals surface area contributed by atoms with Gasteiger partial charge >= 0.3 is 6.18 Å². The Morgan fingerprint density at radius 3 is 2.57 bits per heavy atom. The molecule has 1 aliphatic rings. The molecule has 30 heavy (non-hydrogen) atoms. The Balaban J connectivity index is 1.60. The van der Waals surface area contributed by atoms with Crippen molar-refractivity contribution in [1.29, 1.82) is 0 Å². The highest BCUT2D eigenvalue weighted by Crippen LogP contribution is 2.32. The van der Waals surface area contributed by atoms with E-state index in [4.69, 9.17) is 5.73 Å². The summed E-state index contributed by atoms with van der Waals surface area (Å²) in [5, 5.41) is 5.51. The number of hydrogen-bond donors (Lipinski definition) is 3. The lowest BCUT2D eigenvalue weighted by molar-refractivity contribution is -0.137. The molecule has 1 fully saturated rings. The van der Waals surface area contributed by atoms with Crippen LogP contribution in [0, 0.1) is 0 Å². The van der Waals surface area contributed by atoms with Gasteiger partial charge < -0.3 is 21.3 Å². The number of benzene rings is 1. The number of amides is 2. The number of anilines is 3. The Kier molecular flexibility index (Phi) is 5.90. The number of nitrogen functional groups attached to an aromatic ring is 1. The number of nitrogens with zero attached hydrogens (tertiary/aromatic N) is 3. The van der Waals surface area contributed by atoms with Gasteiger partial charge in [-0.2, -0.15) is 18.2 Å². The molecular weight excluding hydrogens is 401 g/mol. The smallest absolute Gasteiger partial charge is 0.383 e. The Labute approximate surface area is 170 Å². The van der Waals surface area contributed by atoms with E-state index >= 15 is 0 Å². The van der Waals surface area contributed by atoms with Gasteiger partial charge in [0.1, 0.15) is 11.4 Å². The number of halogens is 3.